The Labute approximate surface area is 93.1 Å². The summed E-state index contributed by atoms with van der Waals surface area (Å²) in [5, 5.41) is 9.40. The molecule has 2 fully saturated rings. The fraction of sp³-hybridized carbons (Fsp3) is 1.00. The Morgan fingerprint density at radius 3 is 2.87 bits per heavy atom. The van der Waals surface area contributed by atoms with E-state index in [-0.39, 0.29) is 6.10 Å². The van der Waals surface area contributed by atoms with Crippen molar-refractivity contribution >= 4 is 0 Å². The van der Waals surface area contributed by atoms with Crippen LogP contribution in [0.5, 0.6) is 0 Å². The molecule has 0 spiro atoms. The molecule has 0 radical (unpaired) electrons. The second-order valence-corrected chi connectivity index (χ2v) is 5.35. The number of hydrogen-bond donors (Lipinski definition) is 1. The fourth-order valence-electron chi connectivity index (χ4n) is 3.27. The highest BCUT2D eigenvalue weighted by atomic mass is 16.3. The highest BCUT2D eigenvalue weighted by molar-refractivity contribution is 4.89. The number of aliphatic hydroxyl groups is 1. The highest BCUT2D eigenvalue weighted by Gasteiger charge is 2.34. The molecule has 0 aromatic carbocycles. The summed E-state index contributed by atoms with van der Waals surface area (Å²) in [7, 11) is 2.27. The zero-order valence-electron chi connectivity index (χ0n) is 10.0. The Bertz CT molecular complexity index is 208. The van der Waals surface area contributed by atoms with E-state index in [9.17, 15) is 5.11 Å². The van der Waals surface area contributed by atoms with Crippen LogP contribution in [0.3, 0.4) is 0 Å². The monoisotopic (exact) mass is 212 g/mol. The summed E-state index contributed by atoms with van der Waals surface area (Å²) in [6, 6.07) is 0.809. The van der Waals surface area contributed by atoms with Gasteiger partial charge in [-0.05, 0) is 52.2 Å². The van der Waals surface area contributed by atoms with E-state index in [0.717, 1.165) is 25.0 Å². The zero-order valence-corrected chi connectivity index (χ0v) is 10.0. The van der Waals surface area contributed by atoms with Gasteiger partial charge in [-0.25, -0.2) is 0 Å². The summed E-state index contributed by atoms with van der Waals surface area (Å²) in [5.74, 6) is 0.844. The van der Waals surface area contributed by atoms with Gasteiger partial charge in [0.25, 0.3) is 0 Å². The summed E-state index contributed by atoms with van der Waals surface area (Å²) in [6.07, 6.45) is 3.84. The molecule has 3 heteroatoms. The smallest absolute Gasteiger partial charge is 0.0639 e. The van der Waals surface area contributed by atoms with Gasteiger partial charge in [-0.1, -0.05) is 0 Å². The molecule has 2 aliphatic heterocycles. The van der Waals surface area contributed by atoms with Crippen molar-refractivity contribution in [2.24, 2.45) is 5.92 Å². The van der Waals surface area contributed by atoms with E-state index in [2.05, 4.69) is 16.8 Å². The third-order valence-corrected chi connectivity index (χ3v) is 3.95. The Balaban J connectivity index is 1.88. The average molecular weight is 212 g/mol. The standard InChI is InChI=1S/C12H24N2O/c1-10(15)8-14-7-5-12-11(9-14)4-3-6-13(12)2/h10-12,15H,3-9H2,1-2H3/t10-,11?,12?/m1/s1. The zero-order chi connectivity index (χ0) is 10.8. The minimum atomic E-state index is -0.178. The van der Waals surface area contributed by atoms with E-state index in [1.54, 1.807) is 0 Å². The molecule has 2 unspecified atom stereocenters. The first-order chi connectivity index (χ1) is 7.16. The van der Waals surface area contributed by atoms with Crippen LogP contribution in [0.1, 0.15) is 26.2 Å². The lowest BCUT2D eigenvalue weighted by Crippen LogP contribution is -2.53. The highest BCUT2D eigenvalue weighted by Crippen LogP contribution is 2.29. The number of β-amino-alcohol motifs (C(OH)–C–C–N with tert-alkyl or cyclic N) is 1. The maximum absolute atomic E-state index is 9.40. The average Bonchev–Trinajstić information content (AvgIpc) is 2.17. The first-order valence-corrected chi connectivity index (χ1v) is 6.27. The van der Waals surface area contributed by atoms with Crippen molar-refractivity contribution in [2.75, 3.05) is 33.2 Å². The number of piperidine rings is 2. The summed E-state index contributed by atoms with van der Waals surface area (Å²) >= 11 is 0. The second-order valence-electron chi connectivity index (χ2n) is 5.35. The molecule has 2 saturated heterocycles. The van der Waals surface area contributed by atoms with Gasteiger partial charge in [0.2, 0.25) is 0 Å². The Morgan fingerprint density at radius 1 is 1.33 bits per heavy atom. The van der Waals surface area contributed by atoms with Crippen molar-refractivity contribution < 1.29 is 5.11 Å². The van der Waals surface area contributed by atoms with Crippen LogP contribution in [-0.4, -0.2) is 60.3 Å². The molecule has 1 N–H and O–H groups in total. The van der Waals surface area contributed by atoms with Crippen LogP contribution in [0.25, 0.3) is 0 Å². The molecule has 0 aliphatic carbocycles. The van der Waals surface area contributed by atoms with Crippen LogP contribution in [0.15, 0.2) is 0 Å². The summed E-state index contributed by atoms with van der Waals surface area (Å²) in [6.45, 7) is 6.37. The van der Waals surface area contributed by atoms with E-state index < -0.39 is 0 Å². The van der Waals surface area contributed by atoms with Gasteiger partial charge in [0.05, 0.1) is 6.10 Å². The predicted molar refractivity (Wildman–Crippen MR) is 61.9 cm³/mol. The van der Waals surface area contributed by atoms with Crippen LogP contribution < -0.4 is 0 Å². The Morgan fingerprint density at radius 2 is 2.13 bits per heavy atom. The van der Waals surface area contributed by atoms with Crippen LogP contribution in [0.2, 0.25) is 0 Å². The molecular weight excluding hydrogens is 188 g/mol. The number of hydrogen-bond acceptors (Lipinski definition) is 3. The summed E-state index contributed by atoms with van der Waals surface area (Å²) in [4.78, 5) is 4.97. The van der Waals surface area contributed by atoms with Gasteiger partial charge in [-0.15, -0.1) is 0 Å². The third-order valence-electron chi connectivity index (χ3n) is 3.95. The van der Waals surface area contributed by atoms with Crippen molar-refractivity contribution in [1.82, 2.24) is 9.80 Å². The molecule has 0 bridgehead atoms. The van der Waals surface area contributed by atoms with Crippen LogP contribution >= 0.6 is 0 Å². The molecule has 2 heterocycles. The SMILES string of the molecule is C[C@@H](O)CN1CCC2C(CCCN2C)C1. The lowest BCUT2D eigenvalue weighted by Gasteiger charge is -2.46. The number of aliphatic hydroxyl groups excluding tert-OH is 1. The fourth-order valence-corrected chi connectivity index (χ4v) is 3.27. The minimum absolute atomic E-state index is 0.178. The van der Waals surface area contributed by atoms with E-state index in [1.807, 2.05) is 6.92 Å². The van der Waals surface area contributed by atoms with Crippen LogP contribution in [0.4, 0.5) is 0 Å². The van der Waals surface area contributed by atoms with Gasteiger partial charge in [0, 0.05) is 19.1 Å². The molecule has 2 aliphatic rings. The van der Waals surface area contributed by atoms with Crippen molar-refractivity contribution in [2.45, 2.75) is 38.3 Å². The van der Waals surface area contributed by atoms with Gasteiger partial charge in [-0.3, -0.25) is 0 Å². The Hall–Kier alpha value is -0.120. The minimum Gasteiger partial charge on any atom is -0.392 e. The molecule has 0 aromatic heterocycles. The first kappa shape index (κ1) is 11.4. The van der Waals surface area contributed by atoms with Crippen molar-refractivity contribution in [3.8, 4) is 0 Å². The molecule has 3 atom stereocenters. The summed E-state index contributed by atoms with van der Waals surface area (Å²) in [5.41, 5.74) is 0. The third kappa shape index (κ3) is 2.71. The molecule has 3 nitrogen and oxygen atoms in total. The van der Waals surface area contributed by atoms with Gasteiger partial charge in [-0.2, -0.15) is 0 Å². The largest absolute Gasteiger partial charge is 0.392 e. The van der Waals surface area contributed by atoms with Gasteiger partial charge in [0.15, 0.2) is 0 Å². The quantitative estimate of drug-likeness (QED) is 0.733. The van der Waals surface area contributed by atoms with Crippen LogP contribution in [-0.2, 0) is 0 Å². The summed E-state index contributed by atoms with van der Waals surface area (Å²) < 4.78 is 0. The second kappa shape index (κ2) is 4.81. The molecular formula is C12H24N2O. The number of nitrogens with zero attached hydrogens (tertiary/aromatic N) is 2. The van der Waals surface area contributed by atoms with E-state index in [1.165, 1.54) is 32.4 Å². The molecule has 0 saturated carbocycles. The molecule has 0 amide bonds. The molecule has 15 heavy (non-hydrogen) atoms. The van der Waals surface area contributed by atoms with Gasteiger partial charge in [0.1, 0.15) is 0 Å². The lowest BCUT2D eigenvalue weighted by molar-refractivity contribution is 0.0209. The van der Waals surface area contributed by atoms with E-state index >= 15 is 0 Å². The number of fused-ring (bicyclic) bond motifs is 1. The molecule has 0 aromatic rings. The number of likely N-dealkylation sites (tertiary alicyclic amines) is 2. The Kier molecular flexibility index (Phi) is 3.65. The lowest BCUT2D eigenvalue weighted by atomic mass is 9.84. The van der Waals surface area contributed by atoms with E-state index in [4.69, 9.17) is 0 Å². The van der Waals surface area contributed by atoms with Crippen LogP contribution in [0, 0.1) is 5.92 Å². The first-order valence-electron chi connectivity index (χ1n) is 6.27. The maximum atomic E-state index is 9.40. The maximum Gasteiger partial charge on any atom is 0.0639 e. The topological polar surface area (TPSA) is 26.7 Å². The van der Waals surface area contributed by atoms with Crippen molar-refractivity contribution in [3.63, 3.8) is 0 Å². The van der Waals surface area contributed by atoms with Crippen molar-refractivity contribution in [1.29, 1.82) is 0 Å². The predicted octanol–water partition coefficient (Wildman–Crippen LogP) is 0.783. The van der Waals surface area contributed by atoms with Gasteiger partial charge >= 0.3 is 0 Å². The number of rotatable bonds is 2. The van der Waals surface area contributed by atoms with Crippen molar-refractivity contribution in [3.05, 3.63) is 0 Å². The molecule has 88 valence electrons. The van der Waals surface area contributed by atoms with Gasteiger partial charge < -0.3 is 14.9 Å². The van der Waals surface area contributed by atoms with E-state index in [0.29, 0.717) is 0 Å². The molecule has 2 rings (SSSR count). The normalized spacial score (nSPS) is 36.2.